The summed E-state index contributed by atoms with van der Waals surface area (Å²) in [6.45, 7) is 0.646. The van der Waals surface area contributed by atoms with Crippen LogP contribution in [-0.4, -0.2) is 10.9 Å². The molecule has 0 spiro atoms. The Morgan fingerprint density at radius 1 is 1.14 bits per heavy atom. The van der Waals surface area contributed by atoms with Crippen LogP contribution in [0.4, 0.5) is 5.69 Å². The molecule has 0 bridgehead atoms. The predicted octanol–water partition coefficient (Wildman–Crippen LogP) is 3.52. The van der Waals surface area contributed by atoms with Crippen molar-refractivity contribution in [3.8, 4) is 10.4 Å². The molecule has 1 amide bonds. The van der Waals surface area contributed by atoms with E-state index in [0.717, 1.165) is 21.7 Å². The maximum Gasteiger partial charge on any atom is 0.260 e. The number of aromatic nitrogens is 1. The second-order valence-corrected chi connectivity index (χ2v) is 5.84. The van der Waals surface area contributed by atoms with Gasteiger partial charge in [0.25, 0.3) is 5.91 Å². The molecule has 0 atom stereocenters. The van der Waals surface area contributed by atoms with Crippen LogP contribution in [0.3, 0.4) is 0 Å². The number of anilines is 1. The van der Waals surface area contributed by atoms with Gasteiger partial charge in [-0.1, -0.05) is 30.3 Å². The van der Waals surface area contributed by atoms with Crippen molar-refractivity contribution in [2.24, 2.45) is 5.73 Å². The maximum absolute atomic E-state index is 11.7. The monoisotopic (exact) mass is 309 g/mol. The third kappa shape index (κ3) is 3.15. The van der Waals surface area contributed by atoms with Crippen LogP contribution in [0.5, 0.6) is 0 Å². The first-order chi connectivity index (χ1) is 10.7. The van der Waals surface area contributed by atoms with E-state index in [1.165, 1.54) is 11.3 Å². The second kappa shape index (κ2) is 6.41. The van der Waals surface area contributed by atoms with Crippen LogP contribution in [-0.2, 0) is 6.54 Å². The SMILES string of the molecule is NC(=O)c1sc(-c2ccncc2)cc1NCc1ccccc1. The summed E-state index contributed by atoms with van der Waals surface area (Å²) in [6, 6.07) is 15.8. The Morgan fingerprint density at radius 3 is 2.55 bits per heavy atom. The van der Waals surface area contributed by atoms with E-state index in [0.29, 0.717) is 11.4 Å². The molecule has 3 aromatic rings. The zero-order chi connectivity index (χ0) is 15.4. The fraction of sp³-hybridized carbons (Fsp3) is 0.0588. The van der Waals surface area contributed by atoms with Gasteiger partial charge in [-0.15, -0.1) is 11.3 Å². The number of benzene rings is 1. The van der Waals surface area contributed by atoms with Crippen molar-refractivity contribution in [3.63, 3.8) is 0 Å². The summed E-state index contributed by atoms with van der Waals surface area (Å²) in [5, 5.41) is 3.30. The molecule has 0 aliphatic carbocycles. The van der Waals surface area contributed by atoms with E-state index in [-0.39, 0.29) is 0 Å². The number of amides is 1. The minimum absolute atomic E-state index is 0.416. The van der Waals surface area contributed by atoms with Gasteiger partial charge in [0.1, 0.15) is 4.88 Å². The van der Waals surface area contributed by atoms with Crippen molar-refractivity contribution in [2.75, 3.05) is 5.32 Å². The van der Waals surface area contributed by atoms with Crippen LogP contribution in [0.15, 0.2) is 60.9 Å². The van der Waals surface area contributed by atoms with Gasteiger partial charge in [-0.3, -0.25) is 9.78 Å². The number of carbonyl (C=O) groups excluding carboxylic acids is 1. The second-order valence-electron chi connectivity index (χ2n) is 4.79. The highest BCUT2D eigenvalue weighted by Crippen LogP contribution is 2.34. The molecule has 0 radical (unpaired) electrons. The van der Waals surface area contributed by atoms with E-state index in [9.17, 15) is 4.79 Å². The first-order valence-electron chi connectivity index (χ1n) is 6.86. The van der Waals surface area contributed by atoms with Crippen molar-refractivity contribution in [2.45, 2.75) is 6.54 Å². The molecule has 4 nitrogen and oxygen atoms in total. The molecule has 110 valence electrons. The predicted molar refractivity (Wildman–Crippen MR) is 89.8 cm³/mol. The molecule has 0 aliphatic heterocycles. The van der Waals surface area contributed by atoms with Crippen LogP contribution >= 0.6 is 11.3 Å². The number of carbonyl (C=O) groups is 1. The van der Waals surface area contributed by atoms with E-state index in [1.54, 1.807) is 12.4 Å². The van der Waals surface area contributed by atoms with E-state index < -0.39 is 5.91 Å². The van der Waals surface area contributed by atoms with Gasteiger partial charge in [0, 0.05) is 23.8 Å². The zero-order valence-corrected chi connectivity index (χ0v) is 12.6. The summed E-state index contributed by atoms with van der Waals surface area (Å²) in [5.41, 5.74) is 8.44. The number of hydrogen-bond donors (Lipinski definition) is 2. The van der Waals surface area contributed by atoms with Gasteiger partial charge in [-0.05, 0) is 29.3 Å². The highest BCUT2D eigenvalue weighted by atomic mass is 32.1. The van der Waals surface area contributed by atoms with Crippen molar-refractivity contribution in [1.82, 2.24) is 4.98 Å². The number of thiophene rings is 1. The van der Waals surface area contributed by atoms with E-state index in [4.69, 9.17) is 5.73 Å². The van der Waals surface area contributed by atoms with Crippen molar-refractivity contribution in [1.29, 1.82) is 0 Å². The first-order valence-corrected chi connectivity index (χ1v) is 7.67. The molecule has 0 fully saturated rings. The minimum atomic E-state index is -0.416. The molecule has 5 heteroatoms. The molecule has 2 aromatic heterocycles. The lowest BCUT2D eigenvalue weighted by Gasteiger charge is -2.05. The van der Waals surface area contributed by atoms with Crippen LogP contribution < -0.4 is 11.1 Å². The first kappa shape index (κ1) is 14.3. The molecule has 1 aromatic carbocycles. The van der Waals surface area contributed by atoms with Crippen molar-refractivity contribution in [3.05, 3.63) is 71.4 Å². The molecule has 3 N–H and O–H groups in total. The van der Waals surface area contributed by atoms with Crippen LogP contribution in [0.1, 0.15) is 15.2 Å². The van der Waals surface area contributed by atoms with Gasteiger partial charge in [0.15, 0.2) is 0 Å². The van der Waals surface area contributed by atoms with Gasteiger partial charge in [-0.2, -0.15) is 0 Å². The van der Waals surface area contributed by atoms with Gasteiger partial charge in [0.2, 0.25) is 0 Å². The number of nitrogens with one attached hydrogen (secondary N) is 1. The fourth-order valence-corrected chi connectivity index (χ4v) is 3.15. The number of nitrogens with two attached hydrogens (primary N) is 1. The van der Waals surface area contributed by atoms with Gasteiger partial charge >= 0.3 is 0 Å². The third-order valence-corrected chi connectivity index (χ3v) is 4.45. The highest BCUT2D eigenvalue weighted by Gasteiger charge is 2.14. The molecule has 0 aliphatic rings. The molecular formula is C17H15N3OS. The number of primary amides is 1. The van der Waals surface area contributed by atoms with Gasteiger partial charge in [-0.25, -0.2) is 0 Å². The highest BCUT2D eigenvalue weighted by molar-refractivity contribution is 7.18. The standard InChI is InChI=1S/C17H15N3OS/c18-17(21)16-14(20-11-12-4-2-1-3-5-12)10-15(22-16)13-6-8-19-9-7-13/h1-10,20H,11H2,(H2,18,21). The van der Waals surface area contributed by atoms with E-state index >= 15 is 0 Å². The van der Waals surface area contributed by atoms with Crippen LogP contribution in [0.25, 0.3) is 10.4 Å². The van der Waals surface area contributed by atoms with Gasteiger partial charge in [0.05, 0.1) is 5.69 Å². The normalized spacial score (nSPS) is 10.4. The zero-order valence-electron chi connectivity index (χ0n) is 11.8. The number of pyridine rings is 1. The summed E-state index contributed by atoms with van der Waals surface area (Å²) in [4.78, 5) is 17.2. The summed E-state index contributed by atoms with van der Waals surface area (Å²) in [5.74, 6) is -0.416. The summed E-state index contributed by atoms with van der Waals surface area (Å²) >= 11 is 1.39. The molecule has 2 heterocycles. The van der Waals surface area contributed by atoms with Crippen LogP contribution in [0.2, 0.25) is 0 Å². The summed E-state index contributed by atoms with van der Waals surface area (Å²) in [6.07, 6.45) is 3.46. The Kier molecular flexibility index (Phi) is 4.16. The number of hydrogen-bond acceptors (Lipinski definition) is 4. The van der Waals surface area contributed by atoms with Crippen molar-refractivity contribution >= 4 is 22.9 Å². The maximum atomic E-state index is 11.7. The lowest BCUT2D eigenvalue weighted by molar-refractivity contribution is 0.100. The molecule has 22 heavy (non-hydrogen) atoms. The minimum Gasteiger partial charge on any atom is -0.380 e. The lowest BCUT2D eigenvalue weighted by atomic mass is 10.2. The Bertz CT molecular complexity index is 769. The van der Waals surface area contributed by atoms with Gasteiger partial charge < -0.3 is 11.1 Å². The largest absolute Gasteiger partial charge is 0.380 e. The van der Waals surface area contributed by atoms with E-state index in [2.05, 4.69) is 10.3 Å². The lowest BCUT2D eigenvalue weighted by Crippen LogP contribution is -2.11. The molecule has 0 unspecified atom stereocenters. The molecule has 3 rings (SSSR count). The molecule has 0 saturated heterocycles. The topological polar surface area (TPSA) is 68.0 Å². The smallest absolute Gasteiger partial charge is 0.260 e. The summed E-state index contributed by atoms with van der Waals surface area (Å²) < 4.78 is 0. The Labute approximate surface area is 132 Å². The average molecular weight is 309 g/mol. The quantitative estimate of drug-likeness (QED) is 0.757. The average Bonchev–Trinajstić information content (AvgIpc) is 2.99. The fourth-order valence-electron chi connectivity index (χ4n) is 2.16. The number of rotatable bonds is 5. The van der Waals surface area contributed by atoms with Crippen LogP contribution in [0, 0.1) is 0 Å². The molecular weight excluding hydrogens is 294 g/mol. The number of nitrogens with zero attached hydrogens (tertiary/aromatic N) is 1. The van der Waals surface area contributed by atoms with E-state index in [1.807, 2.05) is 48.5 Å². The Hall–Kier alpha value is -2.66. The Balaban J connectivity index is 1.86. The third-order valence-electron chi connectivity index (χ3n) is 3.25. The molecule has 0 saturated carbocycles. The Morgan fingerprint density at radius 2 is 1.86 bits per heavy atom. The van der Waals surface area contributed by atoms with Crippen molar-refractivity contribution < 1.29 is 4.79 Å². The summed E-state index contributed by atoms with van der Waals surface area (Å²) in [7, 11) is 0.